The fourth-order valence-electron chi connectivity index (χ4n) is 4.83. The number of fused-ring (bicyclic) bond motifs is 1. The number of rotatable bonds is 9. The van der Waals surface area contributed by atoms with Crippen molar-refractivity contribution in [3.63, 3.8) is 0 Å². The number of thioether (sulfide) groups is 1. The van der Waals surface area contributed by atoms with Gasteiger partial charge < -0.3 is 24.4 Å². The summed E-state index contributed by atoms with van der Waals surface area (Å²) in [6.07, 6.45) is 0.166. The number of para-hydroxylation sites is 1. The first-order valence-electron chi connectivity index (χ1n) is 13.0. The van der Waals surface area contributed by atoms with E-state index in [1.54, 1.807) is 0 Å². The summed E-state index contributed by atoms with van der Waals surface area (Å²) in [6, 6.07) is 16.6. The van der Waals surface area contributed by atoms with E-state index in [1.807, 2.05) is 71.8 Å². The number of hydrogen-bond acceptors (Lipinski definition) is 9. The molecule has 0 unspecified atom stereocenters. The molecule has 0 radical (unpaired) electrons. The van der Waals surface area contributed by atoms with Crippen LogP contribution in [0, 0.1) is 0 Å². The van der Waals surface area contributed by atoms with Gasteiger partial charge in [-0.05, 0) is 42.2 Å². The lowest BCUT2D eigenvalue weighted by molar-refractivity contribution is -0.136. The molecule has 2 aromatic rings. The molecule has 1 fully saturated rings. The van der Waals surface area contributed by atoms with Crippen molar-refractivity contribution in [2.75, 3.05) is 46.5 Å². The Morgan fingerprint density at radius 2 is 1.87 bits per heavy atom. The van der Waals surface area contributed by atoms with E-state index in [4.69, 9.17) is 19.2 Å². The van der Waals surface area contributed by atoms with E-state index in [-0.39, 0.29) is 12.3 Å². The number of carbonyl (C=O) groups is 2. The van der Waals surface area contributed by atoms with Crippen LogP contribution < -0.4 is 10.1 Å². The Kier molecular flexibility index (Phi) is 8.65. The van der Waals surface area contributed by atoms with Crippen LogP contribution in [-0.2, 0) is 19.1 Å². The van der Waals surface area contributed by atoms with Crippen LogP contribution in [0.5, 0.6) is 11.5 Å². The van der Waals surface area contributed by atoms with Crippen LogP contribution in [0.1, 0.15) is 24.9 Å². The maximum Gasteiger partial charge on any atom is 0.338 e. The van der Waals surface area contributed by atoms with Gasteiger partial charge in [-0.3, -0.25) is 9.69 Å². The second kappa shape index (κ2) is 12.5. The van der Waals surface area contributed by atoms with Crippen molar-refractivity contribution in [3.05, 3.63) is 82.5 Å². The number of nitrogens with one attached hydrogen (secondary N) is 1. The number of carbonyl (C=O) groups excluding carboxylic acids is 2. The Balaban J connectivity index is 1.36. The number of aliphatic imine (C=N–C) groups is 1. The molecule has 3 aliphatic rings. The predicted octanol–water partition coefficient (Wildman–Crippen LogP) is 4.07. The molecule has 0 saturated carbocycles. The predicted molar refractivity (Wildman–Crippen MR) is 150 cm³/mol. The molecule has 204 valence electrons. The number of allylic oxidation sites excluding steroid dienone is 1. The van der Waals surface area contributed by atoms with Gasteiger partial charge in [0.05, 0.1) is 44.1 Å². The normalized spacial score (nSPS) is 19.2. The second-order valence-electron chi connectivity index (χ2n) is 9.35. The summed E-state index contributed by atoms with van der Waals surface area (Å²) in [5, 5.41) is 5.69. The van der Waals surface area contributed by atoms with Crippen LogP contribution in [0.25, 0.3) is 0 Å². The molecule has 0 aliphatic carbocycles. The van der Waals surface area contributed by atoms with E-state index in [1.165, 1.54) is 18.9 Å². The summed E-state index contributed by atoms with van der Waals surface area (Å²) in [5.74, 6) is 0.817. The number of amidine groups is 1. The molecule has 5 rings (SSSR count). The fourth-order valence-corrected chi connectivity index (χ4v) is 5.80. The average Bonchev–Trinajstić information content (AvgIpc) is 3.34. The molecule has 1 amide bonds. The third-order valence-electron chi connectivity index (χ3n) is 6.75. The number of methoxy groups -OCH3 is 1. The first-order valence-corrected chi connectivity index (χ1v) is 13.8. The molecule has 3 heterocycles. The number of ether oxygens (including phenoxy) is 3. The Morgan fingerprint density at radius 1 is 1.10 bits per heavy atom. The van der Waals surface area contributed by atoms with E-state index in [2.05, 4.69) is 10.2 Å². The topological polar surface area (TPSA) is 92.7 Å². The van der Waals surface area contributed by atoms with E-state index < -0.39 is 12.0 Å². The number of morpholine rings is 1. The second-order valence-corrected chi connectivity index (χ2v) is 10.2. The highest BCUT2D eigenvalue weighted by Crippen LogP contribution is 2.45. The minimum Gasteiger partial charge on any atom is -0.466 e. The van der Waals surface area contributed by atoms with Crippen molar-refractivity contribution in [3.8, 4) is 11.5 Å². The summed E-state index contributed by atoms with van der Waals surface area (Å²) in [4.78, 5) is 34.9. The molecule has 9 nitrogen and oxygen atoms in total. The van der Waals surface area contributed by atoms with Gasteiger partial charge in [0.2, 0.25) is 5.91 Å². The van der Waals surface area contributed by atoms with Crippen LogP contribution in [0.2, 0.25) is 0 Å². The van der Waals surface area contributed by atoms with E-state index in [0.29, 0.717) is 29.3 Å². The summed E-state index contributed by atoms with van der Waals surface area (Å²) >= 11 is 1.45. The van der Waals surface area contributed by atoms with Crippen LogP contribution in [0.3, 0.4) is 0 Å². The Morgan fingerprint density at radius 3 is 2.64 bits per heavy atom. The zero-order valence-corrected chi connectivity index (χ0v) is 22.9. The minimum absolute atomic E-state index is 0.0813. The van der Waals surface area contributed by atoms with Crippen LogP contribution in [0.4, 0.5) is 0 Å². The third kappa shape index (κ3) is 6.35. The lowest BCUT2D eigenvalue weighted by atomic mass is 9.93. The minimum atomic E-state index is -0.522. The Labute approximate surface area is 232 Å². The maximum absolute atomic E-state index is 13.0. The highest BCUT2D eigenvalue weighted by molar-refractivity contribution is 8.16. The summed E-state index contributed by atoms with van der Waals surface area (Å²) < 4.78 is 16.6. The molecular weight excluding hydrogens is 516 g/mol. The number of benzene rings is 2. The molecule has 2 aromatic carbocycles. The van der Waals surface area contributed by atoms with Crippen molar-refractivity contribution in [1.29, 1.82) is 0 Å². The number of esters is 1. The Bertz CT molecular complexity index is 1300. The highest BCUT2D eigenvalue weighted by atomic mass is 32.2. The van der Waals surface area contributed by atoms with Crippen molar-refractivity contribution in [1.82, 2.24) is 15.1 Å². The van der Waals surface area contributed by atoms with Gasteiger partial charge >= 0.3 is 5.97 Å². The maximum atomic E-state index is 13.0. The lowest BCUT2D eigenvalue weighted by Gasteiger charge is -2.36. The highest BCUT2D eigenvalue weighted by Gasteiger charge is 2.41. The van der Waals surface area contributed by atoms with Gasteiger partial charge in [0.15, 0.2) is 5.17 Å². The standard InChI is InChI=1S/C29H32N4O5S/c1-20-26(28(35)36-2)27(21-7-6-10-24(17-21)38-23-8-4-3-5-9-23)33-22(19-39-29(33)31-20)18-25(34)30-11-12-32-13-15-37-16-14-32/h3-10,17,19,27H,11-16,18H2,1-2H3,(H,30,34)/t27-/m0/s1. The van der Waals surface area contributed by atoms with Gasteiger partial charge in [0, 0.05) is 31.9 Å². The first-order chi connectivity index (χ1) is 19.0. The molecule has 0 aromatic heterocycles. The van der Waals surface area contributed by atoms with Crippen molar-refractivity contribution in [2.24, 2.45) is 4.99 Å². The molecule has 1 atom stereocenters. The summed E-state index contributed by atoms with van der Waals surface area (Å²) in [5.41, 5.74) is 2.62. The molecule has 1 N–H and O–H groups in total. The number of hydrogen-bond donors (Lipinski definition) is 1. The van der Waals surface area contributed by atoms with Crippen LogP contribution >= 0.6 is 11.8 Å². The third-order valence-corrected chi connectivity index (χ3v) is 7.64. The quantitative estimate of drug-likeness (QED) is 0.469. The van der Waals surface area contributed by atoms with Gasteiger partial charge in [-0.1, -0.05) is 42.1 Å². The number of amides is 1. The smallest absolute Gasteiger partial charge is 0.338 e. The van der Waals surface area contributed by atoms with Gasteiger partial charge in [-0.2, -0.15) is 0 Å². The molecule has 0 bridgehead atoms. The lowest BCUT2D eigenvalue weighted by Crippen LogP contribution is -2.42. The molecular formula is C29H32N4O5S. The SMILES string of the molecule is COC(=O)C1=C(C)N=C2SC=C(CC(=O)NCCN3CCOCC3)N2[C@H]1c1cccc(Oc2ccccc2)c1. The van der Waals surface area contributed by atoms with Crippen LogP contribution in [0.15, 0.2) is 82.0 Å². The zero-order valence-electron chi connectivity index (χ0n) is 22.1. The Hall–Kier alpha value is -3.60. The van der Waals surface area contributed by atoms with Crippen molar-refractivity contribution >= 4 is 28.8 Å². The fraction of sp³-hybridized carbons (Fsp3) is 0.345. The van der Waals surface area contributed by atoms with Crippen LogP contribution in [-0.4, -0.2) is 73.3 Å². The van der Waals surface area contributed by atoms with Gasteiger partial charge in [-0.15, -0.1) is 0 Å². The molecule has 39 heavy (non-hydrogen) atoms. The summed E-state index contributed by atoms with van der Waals surface area (Å²) in [7, 11) is 1.37. The zero-order chi connectivity index (χ0) is 27.2. The number of nitrogens with zero attached hydrogens (tertiary/aromatic N) is 3. The van der Waals surface area contributed by atoms with E-state index in [0.717, 1.165) is 49.3 Å². The van der Waals surface area contributed by atoms with Gasteiger partial charge in [0.1, 0.15) is 11.5 Å². The van der Waals surface area contributed by atoms with E-state index >= 15 is 0 Å². The van der Waals surface area contributed by atoms with Gasteiger partial charge in [0.25, 0.3) is 0 Å². The van der Waals surface area contributed by atoms with E-state index in [9.17, 15) is 9.59 Å². The molecule has 0 spiro atoms. The molecule has 10 heteroatoms. The molecule has 1 saturated heterocycles. The van der Waals surface area contributed by atoms with Crippen molar-refractivity contribution < 1.29 is 23.8 Å². The molecule has 3 aliphatic heterocycles. The average molecular weight is 549 g/mol. The monoisotopic (exact) mass is 548 g/mol. The first kappa shape index (κ1) is 27.0. The largest absolute Gasteiger partial charge is 0.466 e. The van der Waals surface area contributed by atoms with Crippen molar-refractivity contribution in [2.45, 2.75) is 19.4 Å². The van der Waals surface area contributed by atoms with Gasteiger partial charge in [-0.25, -0.2) is 9.79 Å². The summed E-state index contributed by atoms with van der Waals surface area (Å²) in [6.45, 7) is 6.36.